The van der Waals surface area contributed by atoms with E-state index in [0.717, 1.165) is 16.9 Å². The van der Waals surface area contributed by atoms with Gasteiger partial charge in [0.15, 0.2) is 11.5 Å². The number of methoxy groups -OCH3 is 1. The lowest BCUT2D eigenvalue weighted by atomic mass is 10.2. The van der Waals surface area contributed by atoms with E-state index in [4.69, 9.17) is 15.2 Å². The van der Waals surface area contributed by atoms with Crippen LogP contribution in [0.15, 0.2) is 48.5 Å². The molecule has 0 heterocycles. The van der Waals surface area contributed by atoms with Gasteiger partial charge in [-0.2, -0.15) is 0 Å². The average molecular weight is 280 g/mol. The Morgan fingerprint density at radius 3 is 2.37 bits per heavy atom. The zero-order valence-electron chi connectivity index (χ0n) is 10.8. The van der Waals surface area contributed by atoms with Crippen molar-refractivity contribution in [2.45, 2.75) is 13.2 Å². The normalized spacial score (nSPS) is 9.58. The molecule has 0 spiro atoms. The first-order valence-corrected chi connectivity index (χ1v) is 5.88. The van der Waals surface area contributed by atoms with Crippen molar-refractivity contribution in [3.63, 3.8) is 0 Å². The minimum atomic E-state index is 0. The minimum Gasteiger partial charge on any atom is -0.493 e. The Morgan fingerprint density at radius 2 is 1.74 bits per heavy atom. The summed E-state index contributed by atoms with van der Waals surface area (Å²) in [6.45, 7) is 0.940. The van der Waals surface area contributed by atoms with Gasteiger partial charge >= 0.3 is 0 Å². The number of hydrogen-bond acceptors (Lipinski definition) is 3. The molecule has 0 aliphatic rings. The maximum absolute atomic E-state index is 5.83. The van der Waals surface area contributed by atoms with Gasteiger partial charge in [0.2, 0.25) is 0 Å². The van der Waals surface area contributed by atoms with Crippen molar-refractivity contribution in [3.05, 3.63) is 59.7 Å². The molecule has 0 amide bonds. The average Bonchev–Trinajstić information content (AvgIpc) is 2.45. The van der Waals surface area contributed by atoms with Crippen LogP contribution in [0.25, 0.3) is 0 Å². The second-order valence-electron chi connectivity index (χ2n) is 3.93. The molecule has 0 unspecified atom stereocenters. The van der Waals surface area contributed by atoms with Crippen LogP contribution in [-0.2, 0) is 13.2 Å². The van der Waals surface area contributed by atoms with Crippen molar-refractivity contribution in [2.24, 2.45) is 5.73 Å². The van der Waals surface area contributed by atoms with Gasteiger partial charge in [-0.3, -0.25) is 0 Å². The highest BCUT2D eigenvalue weighted by Gasteiger charge is 2.09. The third-order valence-electron chi connectivity index (χ3n) is 2.73. The van der Waals surface area contributed by atoms with Crippen molar-refractivity contribution in [1.29, 1.82) is 0 Å². The topological polar surface area (TPSA) is 44.5 Å². The molecule has 0 bridgehead atoms. The molecule has 0 saturated heterocycles. The lowest BCUT2D eigenvalue weighted by Gasteiger charge is -2.14. The van der Waals surface area contributed by atoms with Crippen LogP contribution in [-0.4, -0.2) is 7.11 Å². The summed E-state index contributed by atoms with van der Waals surface area (Å²) in [6, 6.07) is 15.8. The third kappa shape index (κ3) is 3.88. The number of nitrogens with two attached hydrogens (primary N) is 1. The van der Waals surface area contributed by atoms with E-state index in [1.54, 1.807) is 7.11 Å². The first kappa shape index (κ1) is 15.3. The number of para-hydroxylation sites is 1. The zero-order chi connectivity index (χ0) is 12.8. The van der Waals surface area contributed by atoms with Crippen molar-refractivity contribution in [2.75, 3.05) is 7.11 Å². The lowest BCUT2D eigenvalue weighted by Crippen LogP contribution is -2.04. The Labute approximate surface area is 119 Å². The fourth-order valence-corrected chi connectivity index (χ4v) is 1.78. The molecule has 0 radical (unpaired) electrons. The fourth-order valence-electron chi connectivity index (χ4n) is 1.78. The summed E-state index contributed by atoms with van der Waals surface area (Å²) >= 11 is 0. The van der Waals surface area contributed by atoms with Crippen LogP contribution < -0.4 is 15.2 Å². The standard InChI is InChI=1S/C15H17NO2.ClH/c1-17-14-9-5-8-13(10-16)15(14)18-11-12-6-3-2-4-7-12;/h2-9H,10-11,16H2,1H3;1H. The Kier molecular flexibility index (Phi) is 6.19. The molecule has 0 saturated carbocycles. The lowest BCUT2D eigenvalue weighted by molar-refractivity contribution is 0.281. The van der Waals surface area contributed by atoms with Crippen LogP contribution in [0.1, 0.15) is 11.1 Å². The predicted octanol–water partition coefficient (Wildman–Crippen LogP) is 3.15. The molecule has 0 atom stereocenters. The Balaban J connectivity index is 0.00000180. The molecule has 3 nitrogen and oxygen atoms in total. The summed E-state index contributed by atoms with van der Waals surface area (Å²) in [7, 11) is 1.63. The van der Waals surface area contributed by atoms with E-state index in [-0.39, 0.29) is 12.4 Å². The SMILES string of the molecule is COc1cccc(CN)c1OCc1ccccc1.Cl. The first-order valence-electron chi connectivity index (χ1n) is 5.88. The second-order valence-corrected chi connectivity index (χ2v) is 3.93. The molecular formula is C15H18ClNO2. The van der Waals surface area contributed by atoms with Crippen LogP contribution in [0.5, 0.6) is 11.5 Å². The highest BCUT2D eigenvalue weighted by atomic mass is 35.5. The van der Waals surface area contributed by atoms with Crippen molar-refractivity contribution >= 4 is 12.4 Å². The minimum absolute atomic E-state index is 0. The second kappa shape index (κ2) is 7.67. The van der Waals surface area contributed by atoms with Crippen LogP contribution in [0.3, 0.4) is 0 Å². The summed E-state index contributed by atoms with van der Waals surface area (Å²) in [5.41, 5.74) is 7.77. The van der Waals surface area contributed by atoms with E-state index >= 15 is 0 Å². The summed E-state index contributed by atoms with van der Waals surface area (Å²) in [5, 5.41) is 0. The fraction of sp³-hybridized carbons (Fsp3) is 0.200. The van der Waals surface area contributed by atoms with Gasteiger partial charge in [0.05, 0.1) is 7.11 Å². The number of halogens is 1. The molecule has 4 heteroatoms. The van der Waals surface area contributed by atoms with Gasteiger partial charge in [-0.1, -0.05) is 42.5 Å². The monoisotopic (exact) mass is 279 g/mol. The van der Waals surface area contributed by atoms with Crippen molar-refractivity contribution < 1.29 is 9.47 Å². The van der Waals surface area contributed by atoms with E-state index in [1.807, 2.05) is 48.5 Å². The van der Waals surface area contributed by atoms with Crippen LogP contribution in [0.2, 0.25) is 0 Å². The highest BCUT2D eigenvalue weighted by Crippen LogP contribution is 2.31. The summed E-state index contributed by atoms with van der Waals surface area (Å²) in [4.78, 5) is 0. The van der Waals surface area contributed by atoms with Gasteiger partial charge < -0.3 is 15.2 Å². The molecule has 0 aliphatic carbocycles. The molecule has 0 aromatic heterocycles. The van der Waals surface area contributed by atoms with Gasteiger partial charge in [0.1, 0.15) is 6.61 Å². The molecule has 2 rings (SSSR count). The first-order chi connectivity index (χ1) is 8.85. The van der Waals surface area contributed by atoms with Crippen LogP contribution in [0, 0.1) is 0 Å². The van der Waals surface area contributed by atoms with Crippen molar-refractivity contribution in [3.8, 4) is 11.5 Å². The van der Waals surface area contributed by atoms with E-state index in [0.29, 0.717) is 18.9 Å². The molecule has 19 heavy (non-hydrogen) atoms. The smallest absolute Gasteiger partial charge is 0.166 e. The van der Waals surface area contributed by atoms with E-state index in [1.165, 1.54) is 0 Å². The highest BCUT2D eigenvalue weighted by molar-refractivity contribution is 5.85. The van der Waals surface area contributed by atoms with Crippen LogP contribution in [0.4, 0.5) is 0 Å². The number of rotatable bonds is 5. The molecule has 2 aromatic carbocycles. The largest absolute Gasteiger partial charge is 0.493 e. The molecule has 2 N–H and O–H groups in total. The van der Waals surface area contributed by atoms with Crippen molar-refractivity contribution in [1.82, 2.24) is 0 Å². The molecular weight excluding hydrogens is 262 g/mol. The Morgan fingerprint density at radius 1 is 1.00 bits per heavy atom. The van der Waals surface area contributed by atoms with Gasteiger partial charge in [-0.05, 0) is 11.6 Å². The van der Waals surface area contributed by atoms with Gasteiger partial charge in [0, 0.05) is 12.1 Å². The van der Waals surface area contributed by atoms with Gasteiger partial charge in [0.25, 0.3) is 0 Å². The van der Waals surface area contributed by atoms with Gasteiger partial charge in [-0.25, -0.2) is 0 Å². The van der Waals surface area contributed by atoms with E-state index in [9.17, 15) is 0 Å². The van der Waals surface area contributed by atoms with E-state index in [2.05, 4.69) is 0 Å². The number of hydrogen-bond donors (Lipinski definition) is 1. The number of benzene rings is 2. The maximum Gasteiger partial charge on any atom is 0.166 e. The molecule has 0 aliphatic heterocycles. The Bertz CT molecular complexity index is 481. The Hall–Kier alpha value is -1.71. The van der Waals surface area contributed by atoms with Gasteiger partial charge in [-0.15, -0.1) is 12.4 Å². The summed E-state index contributed by atoms with van der Waals surface area (Å²) in [6.07, 6.45) is 0. The summed E-state index contributed by atoms with van der Waals surface area (Å²) < 4.78 is 11.1. The molecule has 102 valence electrons. The predicted molar refractivity (Wildman–Crippen MR) is 78.9 cm³/mol. The third-order valence-corrected chi connectivity index (χ3v) is 2.73. The molecule has 2 aromatic rings. The zero-order valence-corrected chi connectivity index (χ0v) is 11.7. The maximum atomic E-state index is 5.83. The molecule has 0 fully saturated rings. The summed E-state index contributed by atoms with van der Waals surface area (Å²) in [5.74, 6) is 1.44. The van der Waals surface area contributed by atoms with Crippen LogP contribution >= 0.6 is 12.4 Å². The van der Waals surface area contributed by atoms with E-state index < -0.39 is 0 Å². The number of ether oxygens (including phenoxy) is 2. The quantitative estimate of drug-likeness (QED) is 0.914.